The molecule has 0 bridgehead atoms. The zero-order valence-corrected chi connectivity index (χ0v) is 21.4. The van der Waals surface area contributed by atoms with Gasteiger partial charge in [0.25, 0.3) is 0 Å². The second-order valence-electron chi connectivity index (χ2n) is 9.03. The van der Waals surface area contributed by atoms with Gasteiger partial charge in [-0.25, -0.2) is 9.79 Å². The molecular weight excluding hydrogens is 458 g/mol. The third-order valence-corrected chi connectivity index (χ3v) is 6.68. The molecule has 2 aliphatic rings. The number of amidine groups is 1. The van der Waals surface area contributed by atoms with Crippen molar-refractivity contribution in [1.82, 2.24) is 10.2 Å². The molecule has 2 heterocycles. The van der Waals surface area contributed by atoms with Gasteiger partial charge in [0.15, 0.2) is 5.17 Å². The maximum Gasteiger partial charge on any atom is 0.338 e. The number of rotatable bonds is 8. The number of fused-ring (bicyclic) bond motifs is 1. The van der Waals surface area contributed by atoms with E-state index in [0.717, 1.165) is 27.6 Å². The monoisotopic (exact) mass is 489 g/mol. The number of aliphatic imine (C=N–C) groups is 1. The van der Waals surface area contributed by atoms with Crippen LogP contribution < -0.4 is 5.32 Å². The first-order valence-electron chi connectivity index (χ1n) is 11.9. The van der Waals surface area contributed by atoms with E-state index in [1.807, 2.05) is 71.8 Å². The average Bonchev–Trinajstić information content (AvgIpc) is 3.25. The molecule has 0 saturated carbocycles. The van der Waals surface area contributed by atoms with Crippen LogP contribution in [0.5, 0.6) is 0 Å². The number of nitrogens with zero attached hydrogens (tertiary/aromatic N) is 2. The Labute approximate surface area is 211 Å². The topological polar surface area (TPSA) is 71.0 Å². The van der Waals surface area contributed by atoms with Crippen molar-refractivity contribution in [2.75, 3.05) is 13.2 Å². The van der Waals surface area contributed by atoms with E-state index in [0.29, 0.717) is 23.7 Å². The Morgan fingerprint density at radius 3 is 2.49 bits per heavy atom. The van der Waals surface area contributed by atoms with Gasteiger partial charge in [0.1, 0.15) is 0 Å². The Hall–Kier alpha value is -3.32. The largest absolute Gasteiger partial charge is 0.463 e. The second kappa shape index (κ2) is 11.0. The second-order valence-corrected chi connectivity index (χ2v) is 9.86. The number of benzene rings is 2. The van der Waals surface area contributed by atoms with Crippen LogP contribution >= 0.6 is 11.8 Å². The molecule has 1 N–H and O–H groups in total. The first kappa shape index (κ1) is 24.8. The van der Waals surface area contributed by atoms with E-state index in [1.54, 1.807) is 6.92 Å². The molecule has 4 rings (SSSR count). The molecule has 6 nitrogen and oxygen atoms in total. The molecule has 0 aromatic heterocycles. The molecule has 1 atom stereocenters. The van der Waals surface area contributed by atoms with Crippen LogP contribution in [0.1, 0.15) is 49.9 Å². The van der Waals surface area contributed by atoms with Crippen LogP contribution in [0.4, 0.5) is 0 Å². The highest BCUT2D eigenvalue weighted by atomic mass is 32.2. The molecule has 7 heteroatoms. The lowest BCUT2D eigenvalue weighted by Crippen LogP contribution is -2.38. The van der Waals surface area contributed by atoms with Crippen LogP contribution in [0.3, 0.4) is 0 Å². The van der Waals surface area contributed by atoms with Gasteiger partial charge in [-0.1, -0.05) is 85.8 Å². The maximum atomic E-state index is 13.4. The predicted octanol–water partition coefficient (Wildman–Crippen LogP) is 5.43. The number of aryl methyl sites for hydroxylation is 1. The fraction of sp³-hybridized carbons (Fsp3) is 0.321. The van der Waals surface area contributed by atoms with E-state index in [2.05, 4.69) is 19.2 Å². The third-order valence-electron chi connectivity index (χ3n) is 5.79. The minimum absolute atomic E-state index is 0.0509. The third kappa shape index (κ3) is 5.51. The van der Waals surface area contributed by atoms with Crippen molar-refractivity contribution in [1.29, 1.82) is 0 Å². The van der Waals surface area contributed by atoms with Crippen molar-refractivity contribution in [2.24, 2.45) is 10.9 Å². The van der Waals surface area contributed by atoms with Gasteiger partial charge >= 0.3 is 5.97 Å². The van der Waals surface area contributed by atoms with Crippen LogP contribution in [0.2, 0.25) is 0 Å². The standard InChI is InChI=1S/C28H31N3O3S/c1-5-34-27(33)24-25(20-9-7-6-8-10-20)30-28-31(26(24)21-13-11-19(4)12-14-21)22(17-35-28)15-23(32)29-16-18(2)3/h6-14,17-18,26H,5,15-16H2,1-4H3,(H,29,32)/t26-/m1/s1. The molecule has 0 fully saturated rings. The highest BCUT2D eigenvalue weighted by Gasteiger charge is 2.42. The van der Waals surface area contributed by atoms with Gasteiger partial charge in [-0.3, -0.25) is 4.79 Å². The molecule has 0 unspecified atom stereocenters. The van der Waals surface area contributed by atoms with Crippen LogP contribution in [0.25, 0.3) is 5.70 Å². The average molecular weight is 490 g/mol. The summed E-state index contributed by atoms with van der Waals surface area (Å²) in [6, 6.07) is 17.4. The first-order valence-corrected chi connectivity index (χ1v) is 12.8. The summed E-state index contributed by atoms with van der Waals surface area (Å²) < 4.78 is 5.54. The highest BCUT2D eigenvalue weighted by Crippen LogP contribution is 2.47. The summed E-state index contributed by atoms with van der Waals surface area (Å²) in [7, 11) is 0. The quantitative estimate of drug-likeness (QED) is 0.501. The molecule has 0 radical (unpaired) electrons. The highest BCUT2D eigenvalue weighted by molar-refractivity contribution is 8.16. The van der Waals surface area contributed by atoms with Gasteiger partial charge in [0, 0.05) is 17.8 Å². The fourth-order valence-electron chi connectivity index (χ4n) is 4.10. The SMILES string of the molecule is CCOC(=O)C1=C(c2ccccc2)N=C2SC=C(CC(=O)NCC(C)C)N2[C@@H]1c1ccc(C)cc1. The molecular formula is C28H31N3O3S. The Bertz CT molecular complexity index is 1180. The number of hydrogen-bond donors (Lipinski definition) is 1. The van der Waals surface area contributed by atoms with E-state index >= 15 is 0 Å². The van der Waals surface area contributed by atoms with Crippen molar-refractivity contribution < 1.29 is 14.3 Å². The summed E-state index contributed by atoms with van der Waals surface area (Å²) in [5.41, 5.74) is 4.81. The summed E-state index contributed by atoms with van der Waals surface area (Å²) in [5.74, 6) is -0.0877. The van der Waals surface area contributed by atoms with Crippen molar-refractivity contribution >= 4 is 34.5 Å². The van der Waals surface area contributed by atoms with Crippen LogP contribution in [0, 0.1) is 12.8 Å². The lowest BCUT2D eigenvalue weighted by Gasteiger charge is -2.37. The summed E-state index contributed by atoms with van der Waals surface area (Å²) in [6.45, 7) is 8.84. The Morgan fingerprint density at radius 2 is 1.83 bits per heavy atom. The minimum atomic E-state index is -0.462. The molecule has 0 saturated heterocycles. The number of carbonyl (C=O) groups excluding carboxylic acids is 2. The van der Waals surface area contributed by atoms with Crippen LogP contribution in [-0.2, 0) is 14.3 Å². The van der Waals surface area contributed by atoms with Crippen molar-refractivity contribution in [3.8, 4) is 0 Å². The molecule has 2 aromatic rings. The van der Waals surface area contributed by atoms with Gasteiger partial charge in [-0.2, -0.15) is 0 Å². The minimum Gasteiger partial charge on any atom is -0.463 e. The number of hydrogen-bond acceptors (Lipinski definition) is 6. The molecule has 182 valence electrons. The molecule has 35 heavy (non-hydrogen) atoms. The lowest BCUT2D eigenvalue weighted by atomic mass is 9.91. The number of nitrogens with one attached hydrogen (secondary N) is 1. The van der Waals surface area contributed by atoms with E-state index in [4.69, 9.17) is 9.73 Å². The number of thioether (sulfide) groups is 1. The smallest absolute Gasteiger partial charge is 0.338 e. The van der Waals surface area contributed by atoms with Crippen molar-refractivity contribution in [2.45, 2.75) is 40.2 Å². The lowest BCUT2D eigenvalue weighted by molar-refractivity contribution is -0.139. The van der Waals surface area contributed by atoms with Gasteiger partial charge in [-0.05, 0) is 30.7 Å². The molecule has 1 amide bonds. The molecule has 0 aliphatic carbocycles. The van der Waals surface area contributed by atoms with E-state index in [9.17, 15) is 9.59 Å². The molecule has 2 aromatic carbocycles. The number of esters is 1. The van der Waals surface area contributed by atoms with Gasteiger partial charge < -0.3 is 15.0 Å². The Kier molecular flexibility index (Phi) is 7.76. The zero-order valence-electron chi connectivity index (χ0n) is 20.6. The fourth-order valence-corrected chi connectivity index (χ4v) is 5.02. The van der Waals surface area contributed by atoms with Crippen LogP contribution in [-0.4, -0.2) is 35.1 Å². The molecule has 2 aliphatic heterocycles. The van der Waals surface area contributed by atoms with Crippen molar-refractivity contribution in [3.63, 3.8) is 0 Å². The zero-order chi connectivity index (χ0) is 24.9. The van der Waals surface area contributed by atoms with E-state index in [-0.39, 0.29) is 18.9 Å². The summed E-state index contributed by atoms with van der Waals surface area (Å²) in [6.07, 6.45) is 0.206. The van der Waals surface area contributed by atoms with Gasteiger partial charge in [-0.15, -0.1) is 0 Å². The first-order chi connectivity index (χ1) is 16.9. The van der Waals surface area contributed by atoms with E-state index in [1.165, 1.54) is 11.8 Å². The molecule has 0 spiro atoms. The summed E-state index contributed by atoms with van der Waals surface area (Å²) in [4.78, 5) is 33.1. The summed E-state index contributed by atoms with van der Waals surface area (Å²) >= 11 is 1.48. The van der Waals surface area contributed by atoms with Crippen LogP contribution in [0.15, 0.2) is 76.3 Å². The van der Waals surface area contributed by atoms with Gasteiger partial charge in [0.2, 0.25) is 5.91 Å². The predicted molar refractivity (Wildman–Crippen MR) is 141 cm³/mol. The number of carbonyl (C=O) groups is 2. The van der Waals surface area contributed by atoms with Crippen molar-refractivity contribution in [3.05, 3.63) is 88.0 Å². The number of ether oxygens (including phenoxy) is 1. The number of amides is 1. The van der Waals surface area contributed by atoms with Gasteiger partial charge in [0.05, 0.1) is 30.3 Å². The van der Waals surface area contributed by atoms with E-state index < -0.39 is 12.0 Å². The summed E-state index contributed by atoms with van der Waals surface area (Å²) in [5, 5.41) is 5.70. The Balaban J connectivity index is 1.82. The Morgan fingerprint density at radius 1 is 1.11 bits per heavy atom. The normalized spacial score (nSPS) is 17.2. The maximum absolute atomic E-state index is 13.4.